The lowest BCUT2D eigenvalue weighted by molar-refractivity contribution is -0.137. The third-order valence-electron chi connectivity index (χ3n) is 3.19. The minimum atomic E-state index is -4.33. The van der Waals surface area contributed by atoms with E-state index in [4.69, 9.17) is 4.74 Å². The van der Waals surface area contributed by atoms with Crippen molar-refractivity contribution in [3.05, 3.63) is 29.8 Å². The van der Waals surface area contributed by atoms with Crippen LogP contribution in [0.4, 0.5) is 18.9 Å². The molecule has 1 unspecified atom stereocenters. The molecule has 1 N–H and O–H groups in total. The Hall–Kier alpha value is -1.27. The first-order chi connectivity index (χ1) is 9.04. The summed E-state index contributed by atoms with van der Waals surface area (Å²) < 4.78 is 44.5. The lowest BCUT2D eigenvalue weighted by Gasteiger charge is -2.38. The van der Waals surface area contributed by atoms with Crippen LogP contribution < -0.4 is 10.2 Å². The summed E-state index contributed by atoms with van der Waals surface area (Å²) >= 11 is 0. The minimum absolute atomic E-state index is 0.0813. The van der Waals surface area contributed by atoms with Gasteiger partial charge >= 0.3 is 6.18 Å². The van der Waals surface area contributed by atoms with Gasteiger partial charge in [-0.3, -0.25) is 0 Å². The molecule has 0 amide bonds. The molecule has 1 saturated heterocycles. The van der Waals surface area contributed by atoms with Crippen molar-refractivity contribution in [2.75, 3.05) is 38.3 Å². The molecule has 106 valence electrons. The number of morpholine rings is 1. The Labute approximate surface area is 110 Å². The normalized spacial score (nSPS) is 20.6. The summed E-state index contributed by atoms with van der Waals surface area (Å²) in [4.78, 5) is 1.78. The highest BCUT2D eigenvalue weighted by molar-refractivity contribution is 5.56. The van der Waals surface area contributed by atoms with Crippen molar-refractivity contribution in [2.24, 2.45) is 0 Å². The van der Waals surface area contributed by atoms with Crippen molar-refractivity contribution in [1.29, 1.82) is 0 Å². The summed E-state index contributed by atoms with van der Waals surface area (Å²) in [6.07, 6.45) is -4.33. The van der Waals surface area contributed by atoms with E-state index in [1.54, 1.807) is 18.0 Å². The Balaban J connectivity index is 2.33. The molecule has 1 aromatic rings. The van der Waals surface area contributed by atoms with Gasteiger partial charge in [0.15, 0.2) is 0 Å². The fourth-order valence-corrected chi connectivity index (χ4v) is 2.34. The van der Waals surface area contributed by atoms with Crippen LogP contribution in [0.1, 0.15) is 5.56 Å². The smallest absolute Gasteiger partial charge is 0.377 e. The van der Waals surface area contributed by atoms with Gasteiger partial charge in [0.2, 0.25) is 0 Å². The number of rotatable bonds is 3. The average molecular weight is 274 g/mol. The molecule has 1 aliphatic rings. The Morgan fingerprint density at radius 1 is 1.37 bits per heavy atom. The van der Waals surface area contributed by atoms with Crippen LogP contribution in [0.5, 0.6) is 0 Å². The summed E-state index contributed by atoms with van der Waals surface area (Å²) in [6, 6.07) is 5.62. The molecule has 1 fully saturated rings. The number of alkyl halides is 3. The topological polar surface area (TPSA) is 24.5 Å². The molecule has 6 heteroatoms. The van der Waals surface area contributed by atoms with Crippen molar-refractivity contribution in [3.8, 4) is 0 Å². The maximum Gasteiger partial charge on any atom is 0.418 e. The second-order valence-electron chi connectivity index (χ2n) is 4.49. The van der Waals surface area contributed by atoms with Gasteiger partial charge in [0.05, 0.1) is 24.8 Å². The van der Waals surface area contributed by atoms with E-state index in [1.165, 1.54) is 12.1 Å². The van der Waals surface area contributed by atoms with E-state index in [0.717, 1.165) is 6.07 Å². The van der Waals surface area contributed by atoms with Crippen LogP contribution in [0.2, 0.25) is 0 Å². The lowest BCUT2D eigenvalue weighted by atomic mass is 10.1. The molecule has 0 saturated carbocycles. The fraction of sp³-hybridized carbons (Fsp3) is 0.538. The van der Waals surface area contributed by atoms with Crippen molar-refractivity contribution in [2.45, 2.75) is 12.2 Å². The van der Waals surface area contributed by atoms with Gasteiger partial charge in [-0.05, 0) is 19.2 Å². The first kappa shape index (κ1) is 14.1. The van der Waals surface area contributed by atoms with Crippen molar-refractivity contribution in [3.63, 3.8) is 0 Å². The van der Waals surface area contributed by atoms with E-state index in [-0.39, 0.29) is 11.7 Å². The molecule has 2 rings (SSSR count). The number of anilines is 1. The Morgan fingerprint density at radius 3 is 2.79 bits per heavy atom. The minimum Gasteiger partial charge on any atom is -0.377 e. The highest BCUT2D eigenvalue weighted by atomic mass is 19.4. The van der Waals surface area contributed by atoms with Gasteiger partial charge in [0, 0.05) is 18.8 Å². The van der Waals surface area contributed by atoms with Crippen molar-refractivity contribution >= 4 is 5.69 Å². The van der Waals surface area contributed by atoms with E-state index in [9.17, 15) is 13.2 Å². The summed E-state index contributed by atoms with van der Waals surface area (Å²) in [5.41, 5.74) is -0.350. The van der Waals surface area contributed by atoms with Crippen LogP contribution in [-0.4, -0.2) is 39.4 Å². The molecule has 1 aliphatic heterocycles. The highest BCUT2D eigenvalue weighted by Gasteiger charge is 2.36. The molecule has 3 nitrogen and oxygen atoms in total. The van der Waals surface area contributed by atoms with E-state index < -0.39 is 11.7 Å². The van der Waals surface area contributed by atoms with Gasteiger partial charge in [0.25, 0.3) is 0 Å². The SMILES string of the molecule is CNCC1COCCN1c1ccccc1C(F)(F)F. The Bertz CT molecular complexity index is 421. The first-order valence-corrected chi connectivity index (χ1v) is 6.19. The molecular formula is C13H17F3N2O. The summed E-state index contributed by atoms with van der Waals surface area (Å²) in [6.45, 7) is 1.95. The molecule has 1 atom stereocenters. The zero-order valence-electron chi connectivity index (χ0n) is 10.7. The van der Waals surface area contributed by atoms with Crippen LogP contribution in [0.15, 0.2) is 24.3 Å². The molecule has 1 aromatic carbocycles. The van der Waals surface area contributed by atoms with Gasteiger partial charge in [-0.15, -0.1) is 0 Å². The second kappa shape index (κ2) is 5.79. The zero-order valence-corrected chi connectivity index (χ0v) is 10.7. The molecule has 0 aromatic heterocycles. The highest BCUT2D eigenvalue weighted by Crippen LogP contribution is 2.37. The maximum absolute atomic E-state index is 13.0. The summed E-state index contributed by atoms with van der Waals surface area (Å²) in [5, 5.41) is 2.99. The fourth-order valence-electron chi connectivity index (χ4n) is 2.34. The molecule has 0 aliphatic carbocycles. The monoisotopic (exact) mass is 274 g/mol. The summed E-state index contributed by atoms with van der Waals surface area (Å²) in [7, 11) is 1.78. The molecular weight excluding hydrogens is 257 g/mol. The Kier molecular flexibility index (Phi) is 4.31. The van der Waals surface area contributed by atoms with Crippen LogP contribution in [0.3, 0.4) is 0 Å². The number of para-hydroxylation sites is 1. The maximum atomic E-state index is 13.0. The second-order valence-corrected chi connectivity index (χ2v) is 4.49. The molecule has 0 radical (unpaired) electrons. The van der Waals surface area contributed by atoms with Gasteiger partial charge in [0.1, 0.15) is 0 Å². The quantitative estimate of drug-likeness (QED) is 0.914. The predicted octanol–water partition coefficient (Wildman–Crippen LogP) is 2.13. The number of hydrogen-bond acceptors (Lipinski definition) is 3. The number of nitrogens with zero attached hydrogens (tertiary/aromatic N) is 1. The third-order valence-corrected chi connectivity index (χ3v) is 3.19. The lowest BCUT2D eigenvalue weighted by Crippen LogP contribution is -2.50. The number of ether oxygens (including phenoxy) is 1. The molecule has 1 heterocycles. The van der Waals surface area contributed by atoms with Gasteiger partial charge < -0.3 is 15.0 Å². The number of likely N-dealkylation sites (N-methyl/N-ethyl adjacent to an activating group) is 1. The van der Waals surface area contributed by atoms with Crippen molar-refractivity contribution < 1.29 is 17.9 Å². The molecule has 0 spiro atoms. The molecule has 0 bridgehead atoms. The van der Waals surface area contributed by atoms with Crippen LogP contribution in [0, 0.1) is 0 Å². The van der Waals surface area contributed by atoms with E-state index in [2.05, 4.69) is 5.32 Å². The van der Waals surface area contributed by atoms with Crippen LogP contribution in [0.25, 0.3) is 0 Å². The first-order valence-electron chi connectivity index (χ1n) is 6.19. The number of hydrogen-bond donors (Lipinski definition) is 1. The summed E-state index contributed by atoms with van der Waals surface area (Å²) in [5.74, 6) is 0. The number of nitrogens with one attached hydrogen (secondary N) is 1. The standard InChI is InChI=1S/C13H17F3N2O/c1-17-8-10-9-19-7-6-18(10)12-5-3-2-4-11(12)13(14,15)16/h2-5,10,17H,6-9H2,1H3. The zero-order chi connectivity index (χ0) is 13.9. The van der Waals surface area contributed by atoms with Crippen molar-refractivity contribution in [1.82, 2.24) is 5.32 Å². The van der Waals surface area contributed by atoms with Gasteiger partial charge in [-0.1, -0.05) is 12.1 Å². The van der Waals surface area contributed by atoms with E-state index in [1.807, 2.05) is 0 Å². The van der Waals surface area contributed by atoms with E-state index >= 15 is 0 Å². The largest absolute Gasteiger partial charge is 0.418 e. The molecule has 19 heavy (non-hydrogen) atoms. The van der Waals surface area contributed by atoms with Gasteiger partial charge in [-0.2, -0.15) is 13.2 Å². The average Bonchev–Trinajstić information content (AvgIpc) is 2.39. The van der Waals surface area contributed by atoms with E-state index in [0.29, 0.717) is 26.3 Å². The van der Waals surface area contributed by atoms with Gasteiger partial charge in [-0.25, -0.2) is 0 Å². The number of benzene rings is 1. The third kappa shape index (κ3) is 3.19. The Morgan fingerprint density at radius 2 is 2.11 bits per heavy atom. The number of halogens is 3. The predicted molar refractivity (Wildman–Crippen MR) is 67.3 cm³/mol. The van der Waals surface area contributed by atoms with Crippen LogP contribution in [-0.2, 0) is 10.9 Å². The van der Waals surface area contributed by atoms with Crippen LogP contribution >= 0.6 is 0 Å².